The van der Waals surface area contributed by atoms with E-state index in [2.05, 4.69) is 11.9 Å². The van der Waals surface area contributed by atoms with Gasteiger partial charge in [-0.15, -0.1) is 0 Å². The highest BCUT2D eigenvalue weighted by atomic mass is 35.5. The molecule has 2 aromatic rings. The van der Waals surface area contributed by atoms with Crippen LogP contribution in [0.2, 0.25) is 5.02 Å². The highest BCUT2D eigenvalue weighted by Crippen LogP contribution is 2.38. The number of halogens is 1. The minimum atomic E-state index is -0.244. The van der Waals surface area contributed by atoms with E-state index in [1.807, 2.05) is 24.3 Å². The van der Waals surface area contributed by atoms with Crippen molar-refractivity contribution in [3.63, 3.8) is 0 Å². The zero-order valence-electron chi connectivity index (χ0n) is 15.2. The Bertz CT molecular complexity index is 938. The van der Waals surface area contributed by atoms with E-state index in [1.54, 1.807) is 12.1 Å². The summed E-state index contributed by atoms with van der Waals surface area (Å²) in [6, 6.07) is 10.9. The van der Waals surface area contributed by atoms with E-state index in [0.717, 1.165) is 11.1 Å². The molecular weight excluding hydrogens is 380 g/mol. The van der Waals surface area contributed by atoms with Crippen LogP contribution < -0.4 is 14.8 Å². The number of nitrogens with one attached hydrogen (secondary N) is 1. The summed E-state index contributed by atoms with van der Waals surface area (Å²) in [4.78, 5) is 26.2. The van der Waals surface area contributed by atoms with Crippen LogP contribution in [0.5, 0.6) is 11.5 Å². The van der Waals surface area contributed by atoms with Crippen LogP contribution in [0.3, 0.4) is 0 Å². The fraction of sp³-hybridized carbons (Fsp3) is 0.238. The molecule has 0 fully saturated rings. The molecule has 144 valence electrons. The SMILES string of the molecule is C=C1c2ccccc2C(=O)N1CC(=O)NCCc1cc(Cl)c2c(c1)OCCO2. The molecule has 7 heteroatoms. The van der Waals surface area contributed by atoms with Crippen LogP contribution in [0.1, 0.15) is 21.5 Å². The van der Waals surface area contributed by atoms with E-state index in [4.69, 9.17) is 21.1 Å². The zero-order valence-corrected chi connectivity index (χ0v) is 15.9. The van der Waals surface area contributed by atoms with E-state index in [1.165, 1.54) is 4.90 Å². The lowest BCUT2D eigenvalue weighted by molar-refractivity contribution is -0.121. The van der Waals surface area contributed by atoms with E-state index in [0.29, 0.717) is 54.0 Å². The lowest BCUT2D eigenvalue weighted by Gasteiger charge is -2.20. The van der Waals surface area contributed by atoms with Gasteiger partial charge < -0.3 is 14.8 Å². The summed E-state index contributed by atoms with van der Waals surface area (Å²) in [5, 5.41) is 3.33. The van der Waals surface area contributed by atoms with Crippen molar-refractivity contribution in [1.82, 2.24) is 10.2 Å². The number of rotatable bonds is 5. The van der Waals surface area contributed by atoms with Crippen molar-refractivity contribution in [2.75, 3.05) is 26.3 Å². The molecule has 0 aromatic heterocycles. The first-order chi connectivity index (χ1) is 13.5. The van der Waals surface area contributed by atoms with Crippen LogP contribution in [0, 0.1) is 0 Å². The summed E-state index contributed by atoms with van der Waals surface area (Å²) in [5.74, 6) is 0.739. The maximum Gasteiger partial charge on any atom is 0.259 e. The number of benzene rings is 2. The van der Waals surface area contributed by atoms with Gasteiger partial charge in [-0.1, -0.05) is 36.4 Å². The highest BCUT2D eigenvalue weighted by molar-refractivity contribution is 6.32. The molecule has 2 amide bonds. The second kappa shape index (κ2) is 7.56. The monoisotopic (exact) mass is 398 g/mol. The van der Waals surface area contributed by atoms with Crippen LogP contribution in [-0.4, -0.2) is 43.0 Å². The van der Waals surface area contributed by atoms with Crippen molar-refractivity contribution in [1.29, 1.82) is 0 Å². The Morgan fingerprint density at radius 1 is 1.18 bits per heavy atom. The van der Waals surface area contributed by atoms with Gasteiger partial charge in [-0.3, -0.25) is 14.5 Å². The first kappa shape index (κ1) is 18.4. The number of fused-ring (bicyclic) bond motifs is 2. The number of carbonyl (C=O) groups excluding carboxylic acids is 2. The first-order valence-electron chi connectivity index (χ1n) is 8.99. The molecule has 6 nitrogen and oxygen atoms in total. The van der Waals surface area contributed by atoms with Gasteiger partial charge in [0.2, 0.25) is 5.91 Å². The third-order valence-corrected chi connectivity index (χ3v) is 5.01. The number of nitrogens with zero attached hydrogens (tertiary/aromatic N) is 1. The maximum atomic E-state index is 12.5. The molecule has 2 aliphatic rings. The third kappa shape index (κ3) is 3.43. The van der Waals surface area contributed by atoms with Crippen molar-refractivity contribution in [2.24, 2.45) is 0 Å². The van der Waals surface area contributed by atoms with Gasteiger partial charge in [0.1, 0.15) is 19.8 Å². The second-order valence-electron chi connectivity index (χ2n) is 6.59. The molecule has 0 atom stereocenters. The third-order valence-electron chi connectivity index (χ3n) is 4.73. The van der Waals surface area contributed by atoms with Crippen molar-refractivity contribution in [3.05, 3.63) is 64.7 Å². The second-order valence-corrected chi connectivity index (χ2v) is 6.99. The molecule has 0 saturated carbocycles. The van der Waals surface area contributed by atoms with Gasteiger partial charge in [0, 0.05) is 23.4 Å². The standard InChI is InChI=1S/C21H19ClN2O4/c1-13-15-4-2-3-5-16(15)21(26)24(13)12-19(25)23-7-6-14-10-17(22)20-18(11-14)27-8-9-28-20/h2-5,10-11H,1,6-9,12H2,(H,23,25). The molecule has 0 aliphatic carbocycles. The Balaban J connectivity index is 1.33. The molecule has 2 aliphatic heterocycles. The summed E-state index contributed by atoms with van der Waals surface area (Å²) in [6.07, 6.45) is 0.581. The fourth-order valence-corrected chi connectivity index (χ4v) is 3.64. The Morgan fingerprint density at radius 3 is 2.71 bits per heavy atom. The quantitative estimate of drug-likeness (QED) is 0.840. The normalized spacial score (nSPS) is 14.8. The van der Waals surface area contributed by atoms with Crippen LogP contribution >= 0.6 is 11.6 Å². The Hall–Kier alpha value is -2.99. The van der Waals surface area contributed by atoms with Gasteiger partial charge >= 0.3 is 0 Å². The number of ether oxygens (including phenoxy) is 2. The van der Waals surface area contributed by atoms with Crippen molar-refractivity contribution in [2.45, 2.75) is 6.42 Å². The average Bonchev–Trinajstić information content (AvgIpc) is 2.93. The Morgan fingerprint density at radius 2 is 1.93 bits per heavy atom. The Kier molecular flexibility index (Phi) is 4.96. The molecule has 0 bridgehead atoms. The molecule has 0 unspecified atom stereocenters. The van der Waals surface area contributed by atoms with E-state index >= 15 is 0 Å². The molecular formula is C21H19ClN2O4. The number of carbonyl (C=O) groups is 2. The van der Waals surface area contributed by atoms with Crippen LogP contribution in [-0.2, 0) is 11.2 Å². The number of hydrogen-bond donors (Lipinski definition) is 1. The summed E-state index contributed by atoms with van der Waals surface area (Å²) >= 11 is 6.23. The fourth-order valence-electron chi connectivity index (χ4n) is 3.36. The van der Waals surface area contributed by atoms with Crippen molar-refractivity contribution < 1.29 is 19.1 Å². The van der Waals surface area contributed by atoms with E-state index in [-0.39, 0.29) is 18.4 Å². The van der Waals surface area contributed by atoms with Gasteiger partial charge in [-0.05, 0) is 30.2 Å². The van der Waals surface area contributed by atoms with Gasteiger partial charge in [-0.25, -0.2) is 0 Å². The van der Waals surface area contributed by atoms with Gasteiger partial charge in [0.05, 0.1) is 5.02 Å². The molecule has 0 spiro atoms. The summed E-state index contributed by atoms with van der Waals surface area (Å²) in [5.41, 5.74) is 2.83. The average molecular weight is 399 g/mol. The predicted molar refractivity (Wildman–Crippen MR) is 106 cm³/mol. The molecule has 0 radical (unpaired) electrons. The van der Waals surface area contributed by atoms with E-state index < -0.39 is 0 Å². The molecule has 2 aromatic carbocycles. The van der Waals surface area contributed by atoms with Gasteiger partial charge in [0.15, 0.2) is 11.5 Å². The van der Waals surface area contributed by atoms with Crippen molar-refractivity contribution >= 4 is 29.1 Å². The van der Waals surface area contributed by atoms with Crippen LogP contribution in [0.25, 0.3) is 5.70 Å². The maximum absolute atomic E-state index is 12.5. The number of amides is 2. The topological polar surface area (TPSA) is 67.9 Å². The highest BCUT2D eigenvalue weighted by Gasteiger charge is 2.31. The van der Waals surface area contributed by atoms with E-state index in [9.17, 15) is 9.59 Å². The largest absolute Gasteiger partial charge is 0.486 e. The minimum Gasteiger partial charge on any atom is -0.486 e. The smallest absolute Gasteiger partial charge is 0.259 e. The molecule has 0 saturated heterocycles. The van der Waals surface area contributed by atoms with Gasteiger partial charge in [0.25, 0.3) is 5.91 Å². The first-order valence-corrected chi connectivity index (χ1v) is 9.37. The molecule has 4 rings (SSSR count). The molecule has 2 heterocycles. The molecule has 28 heavy (non-hydrogen) atoms. The Labute approximate surface area is 167 Å². The molecule has 1 N–H and O–H groups in total. The van der Waals surface area contributed by atoms with Gasteiger partial charge in [-0.2, -0.15) is 0 Å². The summed E-state index contributed by atoms with van der Waals surface area (Å²) < 4.78 is 11.1. The summed E-state index contributed by atoms with van der Waals surface area (Å²) in [7, 11) is 0. The zero-order chi connectivity index (χ0) is 19.7. The lowest BCUT2D eigenvalue weighted by Crippen LogP contribution is -2.37. The van der Waals surface area contributed by atoms with Crippen LogP contribution in [0.4, 0.5) is 0 Å². The number of hydrogen-bond acceptors (Lipinski definition) is 4. The minimum absolute atomic E-state index is 0.0613. The summed E-state index contributed by atoms with van der Waals surface area (Å²) in [6.45, 7) is 5.26. The van der Waals surface area contributed by atoms with Crippen molar-refractivity contribution in [3.8, 4) is 11.5 Å². The van der Waals surface area contributed by atoms with Crippen LogP contribution in [0.15, 0.2) is 43.0 Å². The predicted octanol–water partition coefficient (Wildman–Crippen LogP) is 2.90. The lowest BCUT2D eigenvalue weighted by atomic mass is 10.1.